The number of nitrogens with one attached hydrogen (secondary N) is 2. The molecule has 1 aromatic carbocycles. The summed E-state index contributed by atoms with van der Waals surface area (Å²) in [7, 11) is -3.65. The van der Waals surface area contributed by atoms with Gasteiger partial charge in [0.1, 0.15) is 10.6 Å². The van der Waals surface area contributed by atoms with Crippen LogP contribution < -0.4 is 15.4 Å². The molecule has 1 saturated heterocycles. The number of rotatable bonds is 9. The van der Waals surface area contributed by atoms with Gasteiger partial charge in [-0.3, -0.25) is 4.79 Å². The van der Waals surface area contributed by atoms with Crippen molar-refractivity contribution in [2.24, 2.45) is 5.92 Å². The van der Waals surface area contributed by atoms with Crippen LogP contribution in [0.3, 0.4) is 0 Å². The van der Waals surface area contributed by atoms with Crippen LogP contribution in [0.15, 0.2) is 23.1 Å². The molecule has 1 aliphatic heterocycles. The molecule has 7 nitrogen and oxygen atoms in total. The molecule has 0 bridgehead atoms. The summed E-state index contributed by atoms with van der Waals surface area (Å²) in [4.78, 5) is 12.2. The molecule has 0 spiro atoms. The van der Waals surface area contributed by atoms with E-state index in [0.29, 0.717) is 37.1 Å². The third kappa shape index (κ3) is 5.43. The molecule has 8 heteroatoms. The van der Waals surface area contributed by atoms with E-state index in [4.69, 9.17) is 4.74 Å². The Morgan fingerprint density at radius 1 is 1.22 bits per heavy atom. The van der Waals surface area contributed by atoms with Gasteiger partial charge < -0.3 is 15.4 Å². The van der Waals surface area contributed by atoms with Crippen molar-refractivity contribution in [3.8, 4) is 5.75 Å². The Balaban J connectivity index is 1.74. The first-order valence-electron chi connectivity index (χ1n) is 9.78. The fourth-order valence-electron chi connectivity index (χ4n) is 3.22. The second-order valence-corrected chi connectivity index (χ2v) is 9.09. The molecule has 1 saturated carbocycles. The van der Waals surface area contributed by atoms with Crippen LogP contribution in [0.25, 0.3) is 0 Å². The minimum Gasteiger partial charge on any atom is -0.492 e. The quantitative estimate of drug-likeness (QED) is 0.669. The standard InChI is InChI=1S/C19H29N3O4S/c1-2-26-17-9-8-16(21-19(23)14-20-13-15-6-7-15)12-18(17)27(24,25)22-10-4-3-5-11-22/h8-9,12,15,20H,2-7,10-11,13-14H2,1H3,(H,21,23). The molecule has 150 valence electrons. The molecular formula is C19H29N3O4S. The highest BCUT2D eigenvalue weighted by molar-refractivity contribution is 7.89. The van der Waals surface area contributed by atoms with Crippen LogP contribution in [-0.4, -0.2) is 51.4 Å². The van der Waals surface area contributed by atoms with Crippen LogP contribution in [0.4, 0.5) is 5.69 Å². The Morgan fingerprint density at radius 3 is 2.63 bits per heavy atom. The number of anilines is 1. The maximum Gasteiger partial charge on any atom is 0.246 e. The lowest BCUT2D eigenvalue weighted by Crippen LogP contribution is -2.36. The van der Waals surface area contributed by atoms with E-state index in [1.165, 1.54) is 23.2 Å². The smallest absolute Gasteiger partial charge is 0.246 e. The zero-order valence-corrected chi connectivity index (χ0v) is 16.7. The lowest BCUT2D eigenvalue weighted by atomic mass is 10.2. The molecule has 3 rings (SSSR count). The number of hydrogen-bond donors (Lipinski definition) is 2. The molecule has 1 heterocycles. The summed E-state index contributed by atoms with van der Waals surface area (Å²) >= 11 is 0. The minimum absolute atomic E-state index is 0.120. The van der Waals surface area contributed by atoms with Crippen molar-refractivity contribution in [2.45, 2.75) is 43.9 Å². The first-order valence-corrected chi connectivity index (χ1v) is 11.2. The van der Waals surface area contributed by atoms with Crippen LogP contribution in [0, 0.1) is 5.92 Å². The van der Waals surface area contributed by atoms with E-state index in [1.807, 2.05) is 6.92 Å². The Kier molecular flexibility index (Phi) is 6.73. The fraction of sp³-hybridized carbons (Fsp3) is 0.632. The van der Waals surface area contributed by atoms with E-state index in [9.17, 15) is 13.2 Å². The highest BCUT2D eigenvalue weighted by Gasteiger charge is 2.29. The molecule has 0 atom stereocenters. The molecule has 2 aliphatic rings. The lowest BCUT2D eigenvalue weighted by molar-refractivity contribution is -0.115. The normalized spacial score (nSPS) is 18.3. The molecule has 0 aromatic heterocycles. The average Bonchev–Trinajstić information content (AvgIpc) is 3.48. The molecule has 0 unspecified atom stereocenters. The summed E-state index contributed by atoms with van der Waals surface area (Å²) in [6, 6.07) is 4.81. The first kappa shape index (κ1) is 20.1. The van der Waals surface area contributed by atoms with Gasteiger partial charge in [-0.25, -0.2) is 8.42 Å². The molecule has 2 fully saturated rings. The highest BCUT2D eigenvalue weighted by Crippen LogP contribution is 2.31. The number of ether oxygens (including phenoxy) is 1. The molecule has 1 aliphatic carbocycles. The number of benzene rings is 1. The first-order chi connectivity index (χ1) is 13.0. The van der Waals surface area contributed by atoms with Gasteiger partial charge in [0, 0.05) is 18.8 Å². The predicted molar refractivity (Wildman–Crippen MR) is 104 cm³/mol. The molecule has 0 radical (unpaired) electrons. The van der Waals surface area contributed by atoms with Gasteiger partial charge >= 0.3 is 0 Å². The molecule has 27 heavy (non-hydrogen) atoms. The Labute approximate surface area is 161 Å². The highest BCUT2D eigenvalue weighted by atomic mass is 32.2. The topological polar surface area (TPSA) is 87.7 Å². The summed E-state index contributed by atoms with van der Waals surface area (Å²) in [6.07, 6.45) is 5.24. The van der Waals surface area contributed by atoms with Gasteiger partial charge in [-0.05, 0) is 63.3 Å². The van der Waals surface area contributed by atoms with Gasteiger partial charge in [0.05, 0.1) is 13.2 Å². The number of amides is 1. The van der Waals surface area contributed by atoms with Crippen molar-refractivity contribution in [1.82, 2.24) is 9.62 Å². The third-order valence-corrected chi connectivity index (χ3v) is 6.80. The van der Waals surface area contributed by atoms with E-state index in [0.717, 1.165) is 25.8 Å². The van der Waals surface area contributed by atoms with Crippen molar-refractivity contribution in [3.05, 3.63) is 18.2 Å². The number of sulfonamides is 1. The summed E-state index contributed by atoms with van der Waals surface area (Å²) in [5, 5.41) is 5.91. The third-order valence-electron chi connectivity index (χ3n) is 4.88. The van der Waals surface area contributed by atoms with Crippen molar-refractivity contribution in [3.63, 3.8) is 0 Å². The van der Waals surface area contributed by atoms with Crippen LogP contribution >= 0.6 is 0 Å². The van der Waals surface area contributed by atoms with Crippen LogP contribution in [0.5, 0.6) is 5.75 Å². The maximum atomic E-state index is 13.1. The average molecular weight is 396 g/mol. The molecule has 1 amide bonds. The van der Waals surface area contributed by atoms with Gasteiger partial charge in [-0.1, -0.05) is 6.42 Å². The van der Waals surface area contributed by atoms with Crippen LogP contribution in [0.2, 0.25) is 0 Å². The summed E-state index contributed by atoms with van der Waals surface area (Å²) < 4.78 is 33.2. The number of nitrogens with zero attached hydrogens (tertiary/aromatic N) is 1. The molecule has 2 N–H and O–H groups in total. The lowest BCUT2D eigenvalue weighted by Gasteiger charge is -2.27. The van der Waals surface area contributed by atoms with Crippen molar-refractivity contribution < 1.29 is 17.9 Å². The summed E-state index contributed by atoms with van der Waals surface area (Å²) in [6.45, 7) is 4.31. The van der Waals surface area contributed by atoms with E-state index in [2.05, 4.69) is 10.6 Å². The fourth-order valence-corrected chi connectivity index (χ4v) is 4.90. The monoisotopic (exact) mass is 395 g/mol. The van der Waals surface area contributed by atoms with E-state index in [-0.39, 0.29) is 17.3 Å². The van der Waals surface area contributed by atoms with E-state index < -0.39 is 10.0 Å². The number of carbonyl (C=O) groups excluding carboxylic acids is 1. The van der Waals surface area contributed by atoms with Gasteiger partial charge in [-0.2, -0.15) is 4.31 Å². The number of carbonyl (C=O) groups is 1. The molecule has 1 aromatic rings. The zero-order chi connectivity index (χ0) is 19.3. The van der Waals surface area contributed by atoms with Crippen molar-refractivity contribution in [1.29, 1.82) is 0 Å². The van der Waals surface area contributed by atoms with Gasteiger partial charge in [0.25, 0.3) is 0 Å². The summed E-state index contributed by atoms with van der Waals surface area (Å²) in [5.41, 5.74) is 0.465. The number of piperidine rings is 1. The van der Waals surface area contributed by atoms with Crippen molar-refractivity contribution in [2.75, 3.05) is 38.1 Å². The Hall–Kier alpha value is -1.64. The Bertz CT molecular complexity index is 756. The molecular weight excluding hydrogens is 366 g/mol. The zero-order valence-electron chi connectivity index (χ0n) is 15.9. The number of hydrogen-bond acceptors (Lipinski definition) is 5. The van der Waals surface area contributed by atoms with Gasteiger partial charge in [-0.15, -0.1) is 0 Å². The minimum atomic E-state index is -3.65. The maximum absolute atomic E-state index is 13.1. The summed E-state index contributed by atoms with van der Waals surface area (Å²) in [5.74, 6) is 0.846. The van der Waals surface area contributed by atoms with E-state index in [1.54, 1.807) is 12.1 Å². The van der Waals surface area contributed by atoms with Gasteiger partial charge in [0.2, 0.25) is 15.9 Å². The SMILES string of the molecule is CCOc1ccc(NC(=O)CNCC2CC2)cc1S(=O)(=O)N1CCCCC1. The van der Waals surface area contributed by atoms with E-state index >= 15 is 0 Å². The Morgan fingerprint density at radius 2 is 1.96 bits per heavy atom. The largest absolute Gasteiger partial charge is 0.492 e. The van der Waals surface area contributed by atoms with Crippen LogP contribution in [0.1, 0.15) is 39.0 Å². The van der Waals surface area contributed by atoms with Gasteiger partial charge in [0.15, 0.2) is 0 Å². The van der Waals surface area contributed by atoms with Crippen LogP contribution in [-0.2, 0) is 14.8 Å². The van der Waals surface area contributed by atoms with Crippen molar-refractivity contribution >= 4 is 21.6 Å². The second kappa shape index (κ2) is 9.03. The predicted octanol–water partition coefficient (Wildman–Crippen LogP) is 2.20. The second-order valence-electron chi connectivity index (χ2n) is 7.18.